The molecule has 3 atom stereocenters. The Morgan fingerprint density at radius 3 is 2.51 bits per heavy atom. The summed E-state index contributed by atoms with van der Waals surface area (Å²) in [5.41, 5.74) is 3.81. The van der Waals surface area contributed by atoms with Crippen LogP contribution in [-0.2, 0) is 22.6 Å². The normalized spacial score (nSPS) is 22.5. The average molecular weight is 560 g/mol. The van der Waals surface area contributed by atoms with Gasteiger partial charge in [-0.05, 0) is 77.5 Å². The lowest BCUT2D eigenvalue weighted by molar-refractivity contribution is -0.171. The molecule has 0 bridgehead atoms. The van der Waals surface area contributed by atoms with E-state index in [0.717, 1.165) is 62.7 Å². The lowest BCUT2D eigenvalue weighted by Crippen LogP contribution is -2.42. The van der Waals surface area contributed by atoms with Gasteiger partial charge in [0.2, 0.25) is 0 Å². The molecule has 3 heterocycles. The minimum absolute atomic E-state index is 0.146. The van der Waals surface area contributed by atoms with Gasteiger partial charge in [0.05, 0.1) is 6.61 Å². The summed E-state index contributed by atoms with van der Waals surface area (Å²) in [6.07, 6.45) is 2.06. The monoisotopic (exact) mass is 558 g/mol. The van der Waals surface area contributed by atoms with E-state index in [9.17, 15) is 0 Å². The maximum atomic E-state index is 6.51. The number of hydrogen-bond donors (Lipinski definition) is 0. The minimum atomic E-state index is -0.146. The van der Waals surface area contributed by atoms with E-state index in [1.165, 1.54) is 11.1 Å². The summed E-state index contributed by atoms with van der Waals surface area (Å²) < 4.78 is 11.9. The standard InChI is InChI=1S/C30H36Cl2N2O2S/c1-35-30(36-20-22-5-3-2-4-6-22)23-9-12-33(13-10-23)17-26-18-34(19-28(26)25-11-14-37-21-25)16-24-7-8-27(31)15-29(24)32/h2-8,11,14-15,21,23,26,28,30H,9-10,12-13,16-20H2,1H3/t26?,28?,30-/m0/s1. The number of thiophene rings is 1. The van der Waals surface area contributed by atoms with Crippen LogP contribution in [0, 0.1) is 11.8 Å². The molecule has 0 amide bonds. The predicted octanol–water partition coefficient (Wildman–Crippen LogP) is 7.17. The van der Waals surface area contributed by atoms with Gasteiger partial charge >= 0.3 is 0 Å². The number of halogens is 2. The fraction of sp³-hybridized carbons (Fsp3) is 0.467. The Morgan fingerprint density at radius 2 is 1.81 bits per heavy atom. The molecule has 2 unspecified atom stereocenters. The molecule has 2 aliphatic rings. The quantitative estimate of drug-likeness (QED) is 0.246. The minimum Gasteiger partial charge on any atom is -0.356 e. The van der Waals surface area contributed by atoms with Gasteiger partial charge in [-0.25, -0.2) is 0 Å². The molecular weight excluding hydrogens is 523 g/mol. The first-order chi connectivity index (χ1) is 18.1. The van der Waals surface area contributed by atoms with Gasteiger partial charge in [0, 0.05) is 55.2 Å². The van der Waals surface area contributed by atoms with E-state index in [1.807, 2.05) is 18.2 Å². The van der Waals surface area contributed by atoms with Gasteiger partial charge in [0.15, 0.2) is 6.29 Å². The SMILES string of the molecule is CO[C@@H](OCc1ccccc1)C1CCN(CC2CN(Cc3ccc(Cl)cc3Cl)CC2c2ccsc2)CC1. The first-order valence-electron chi connectivity index (χ1n) is 13.2. The van der Waals surface area contributed by atoms with Crippen LogP contribution >= 0.6 is 34.5 Å². The number of methoxy groups -OCH3 is 1. The largest absolute Gasteiger partial charge is 0.356 e. The predicted molar refractivity (Wildman–Crippen MR) is 153 cm³/mol. The molecule has 2 aliphatic heterocycles. The van der Waals surface area contributed by atoms with Crippen molar-refractivity contribution in [3.63, 3.8) is 0 Å². The summed E-state index contributed by atoms with van der Waals surface area (Å²) in [6.45, 7) is 6.92. The van der Waals surface area contributed by atoms with E-state index in [4.69, 9.17) is 32.7 Å². The van der Waals surface area contributed by atoms with E-state index in [2.05, 4.69) is 57.0 Å². The smallest absolute Gasteiger partial charge is 0.160 e. The number of nitrogens with zero attached hydrogens (tertiary/aromatic N) is 2. The van der Waals surface area contributed by atoms with Gasteiger partial charge in [0.25, 0.3) is 0 Å². The molecule has 3 aromatic rings. The number of likely N-dealkylation sites (tertiary alicyclic amines) is 2. The van der Waals surface area contributed by atoms with Crippen molar-refractivity contribution < 1.29 is 9.47 Å². The summed E-state index contributed by atoms with van der Waals surface area (Å²) in [6, 6.07) is 18.5. The van der Waals surface area contributed by atoms with Crippen LogP contribution < -0.4 is 0 Å². The highest BCUT2D eigenvalue weighted by Crippen LogP contribution is 2.37. The van der Waals surface area contributed by atoms with Crippen molar-refractivity contribution in [1.82, 2.24) is 9.80 Å². The molecule has 0 spiro atoms. The molecule has 5 rings (SSSR count). The molecule has 198 valence electrons. The fourth-order valence-corrected chi connectivity index (χ4v) is 7.11. The van der Waals surface area contributed by atoms with Crippen molar-refractivity contribution in [2.75, 3.05) is 39.8 Å². The molecule has 2 aromatic carbocycles. The topological polar surface area (TPSA) is 24.9 Å². The molecule has 1 aromatic heterocycles. The Labute approximate surface area is 235 Å². The summed E-state index contributed by atoms with van der Waals surface area (Å²) in [7, 11) is 1.77. The van der Waals surface area contributed by atoms with Crippen LogP contribution in [0.3, 0.4) is 0 Å². The highest BCUT2D eigenvalue weighted by atomic mass is 35.5. The summed E-state index contributed by atoms with van der Waals surface area (Å²) in [4.78, 5) is 5.22. The maximum Gasteiger partial charge on any atom is 0.160 e. The fourth-order valence-electron chi connectivity index (χ4n) is 5.92. The van der Waals surface area contributed by atoms with E-state index < -0.39 is 0 Å². The van der Waals surface area contributed by atoms with Gasteiger partial charge < -0.3 is 14.4 Å². The van der Waals surface area contributed by atoms with Crippen LogP contribution in [0.15, 0.2) is 65.4 Å². The van der Waals surface area contributed by atoms with Crippen LogP contribution in [0.25, 0.3) is 0 Å². The van der Waals surface area contributed by atoms with Crippen LogP contribution in [0.1, 0.15) is 35.4 Å². The molecule has 37 heavy (non-hydrogen) atoms. The van der Waals surface area contributed by atoms with E-state index in [-0.39, 0.29) is 6.29 Å². The van der Waals surface area contributed by atoms with E-state index >= 15 is 0 Å². The van der Waals surface area contributed by atoms with Crippen molar-refractivity contribution in [2.45, 2.75) is 38.2 Å². The van der Waals surface area contributed by atoms with Gasteiger partial charge in [-0.15, -0.1) is 0 Å². The first kappa shape index (κ1) is 27.1. The van der Waals surface area contributed by atoms with Crippen LogP contribution in [0.5, 0.6) is 0 Å². The third-order valence-electron chi connectivity index (χ3n) is 7.90. The lowest BCUT2D eigenvalue weighted by Gasteiger charge is -2.37. The van der Waals surface area contributed by atoms with Crippen molar-refractivity contribution in [3.05, 3.63) is 92.1 Å². The van der Waals surface area contributed by atoms with Crippen molar-refractivity contribution >= 4 is 34.5 Å². The van der Waals surface area contributed by atoms with Crippen LogP contribution in [0.4, 0.5) is 0 Å². The Morgan fingerprint density at radius 1 is 1.00 bits per heavy atom. The first-order valence-corrected chi connectivity index (χ1v) is 14.9. The lowest BCUT2D eigenvalue weighted by atomic mass is 9.89. The molecule has 2 fully saturated rings. The van der Waals surface area contributed by atoms with Crippen LogP contribution in [0.2, 0.25) is 10.0 Å². The molecule has 7 heteroatoms. The zero-order chi connectivity index (χ0) is 25.6. The highest BCUT2D eigenvalue weighted by molar-refractivity contribution is 7.08. The highest BCUT2D eigenvalue weighted by Gasteiger charge is 2.36. The third kappa shape index (κ3) is 7.15. The number of rotatable bonds is 10. The third-order valence-corrected chi connectivity index (χ3v) is 9.18. The summed E-state index contributed by atoms with van der Waals surface area (Å²) in [5.74, 6) is 1.59. The van der Waals surface area contributed by atoms with Gasteiger partial charge in [0.1, 0.15) is 0 Å². The molecule has 2 saturated heterocycles. The number of ether oxygens (including phenoxy) is 2. The average Bonchev–Trinajstić information content (AvgIpc) is 3.58. The Bertz CT molecular complexity index is 1110. The Kier molecular flexibility index (Phi) is 9.59. The van der Waals surface area contributed by atoms with Gasteiger partial charge in [-0.3, -0.25) is 4.90 Å². The van der Waals surface area contributed by atoms with Crippen molar-refractivity contribution in [1.29, 1.82) is 0 Å². The summed E-state index contributed by atoms with van der Waals surface area (Å²) in [5, 5.41) is 5.98. The number of hydrogen-bond acceptors (Lipinski definition) is 5. The zero-order valence-electron chi connectivity index (χ0n) is 21.4. The molecule has 0 radical (unpaired) electrons. The van der Waals surface area contributed by atoms with Gasteiger partial charge in [-0.1, -0.05) is 59.6 Å². The molecule has 4 nitrogen and oxygen atoms in total. The molecule has 0 saturated carbocycles. The Balaban J connectivity index is 1.16. The van der Waals surface area contributed by atoms with Gasteiger partial charge in [-0.2, -0.15) is 11.3 Å². The maximum absolute atomic E-state index is 6.51. The van der Waals surface area contributed by atoms with Crippen molar-refractivity contribution in [3.8, 4) is 0 Å². The number of piperidine rings is 1. The van der Waals surface area contributed by atoms with Crippen LogP contribution in [-0.4, -0.2) is 55.9 Å². The molecule has 0 aliphatic carbocycles. The second-order valence-corrected chi connectivity index (χ2v) is 12.0. The second-order valence-electron chi connectivity index (χ2n) is 10.4. The summed E-state index contributed by atoms with van der Waals surface area (Å²) >= 11 is 14.4. The second kappa shape index (κ2) is 13.1. The zero-order valence-corrected chi connectivity index (χ0v) is 23.7. The van der Waals surface area contributed by atoms with E-state index in [0.29, 0.717) is 29.4 Å². The van der Waals surface area contributed by atoms with E-state index in [1.54, 1.807) is 18.4 Å². The molecular formula is C30H36Cl2N2O2S. The molecule has 0 N–H and O–H groups in total. The number of benzene rings is 2. The Hall–Kier alpha value is -1.44. The van der Waals surface area contributed by atoms with Crippen molar-refractivity contribution in [2.24, 2.45) is 11.8 Å².